The van der Waals surface area contributed by atoms with Gasteiger partial charge < -0.3 is 14.7 Å². The molecule has 0 amide bonds. The lowest BCUT2D eigenvalue weighted by Gasteiger charge is -2.10. The predicted octanol–water partition coefficient (Wildman–Crippen LogP) is 3.36. The molecule has 152 valence electrons. The molecule has 2 aromatic heterocycles. The van der Waals surface area contributed by atoms with Crippen LogP contribution in [0, 0.1) is 11.6 Å². The smallest absolute Gasteiger partial charge is 0.353 e. The van der Waals surface area contributed by atoms with Gasteiger partial charge in [-0.25, -0.2) is 18.4 Å². The third-order valence-electron chi connectivity index (χ3n) is 4.58. The number of rotatable bonds is 4. The van der Waals surface area contributed by atoms with E-state index in [1.54, 1.807) is 6.07 Å². The molecule has 0 spiro atoms. The number of halogens is 3. The van der Waals surface area contributed by atoms with Gasteiger partial charge in [-0.3, -0.25) is 9.78 Å². The van der Waals surface area contributed by atoms with E-state index in [2.05, 4.69) is 9.97 Å². The van der Waals surface area contributed by atoms with E-state index in [4.69, 9.17) is 11.6 Å². The molecule has 0 fully saturated rings. The summed E-state index contributed by atoms with van der Waals surface area (Å²) in [6, 6.07) is 7.43. The minimum Gasteiger partial charge on any atom is -0.477 e. The van der Waals surface area contributed by atoms with E-state index in [-0.39, 0.29) is 34.0 Å². The summed E-state index contributed by atoms with van der Waals surface area (Å²) in [7, 11) is 0. The zero-order valence-corrected chi connectivity index (χ0v) is 15.8. The Morgan fingerprint density at radius 3 is 2.43 bits per heavy atom. The summed E-state index contributed by atoms with van der Waals surface area (Å²) in [5, 5.41) is 10.5. The molecule has 2 heterocycles. The SMILES string of the molecule is O=C(O)c1c(-c2c[nH]c(=O)[nH]c2=O)c2cc(Cl)ccc2n1Cc1cc(F)cc(F)c1. The maximum absolute atomic E-state index is 13.7. The summed E-state index contributed by atoms with van der Waals surface area (Å²) < 4.78 is 28.6. The number of benzene rings is 2. The Bertz CT molecular complexity index is 1420. The van der Waals surface area contributed by atoms with Crippen LogP contribution in [-0.4, -0.2) is 25.6 Å². The van der Waals surface area contributed by atoms with Crippen LogP contribution in [-0.2, 0) is 6.54 Å². The van der Waals surface area contributed by atoms with Crippen molar-refractivity contribution in [3.63, 3.8) is 0 Å². The lowest BCUT2D eigenvalue weighted by atomic mass is 10.0. The number of nitrogens with zero attached hydrogens (tertiary/aromatic N) is 1. The van der Waals surface area contributed by atoms with E-state index in [1.807, 2.05) is 0 Å². The summed E-state index contributed by atoms with van der Waals surface area (Å²) in [4.78, 5) is 40.3. The highest BCUT2D eigenvalue weighted by Crippen LogP contribution is 2.35. The predicted molar refractivity (Wildman–Crippen MR) is 106 cm³/mol. The Balaban J connectivity index is 2.08. The van der Waals surface area contributed by atoms with Crippen molar-refractivity contribution in [3.8, 4) is 11.1 Å². The van der Waals surface area contributed by atoms with Crippen LogP contribution in [0.5, 0.6) is 0 Å². The Kier molecular flexibility index (Phi) is 4.75. The van der Waals surface area contributed by atoms with Crippen molar-refractivity contribution in [1.82, 2.24) is 14.5 Å². The summed E-state index contributed by atoms with van der Waals surface area (Å²) in [5.41, 5.74) is -1.35. The van der Waals surface area contributed by atoms with Gasteiger partial charge in [0.05, 0.1) is 5.56 Å². The second-order valence-electron chi connectivity index (χ2n) is 6.54. The molecule has 0 aliphatic rings. The number of carboxylic acids is 1. The number of aromatic amines is 2. The molecule has 3 N–H and O–H groups in total. The third-order valence-corrected chi connectivity index (χ3v) is 4.81. The van der Waals surface area contributed by atoms with Crippen molar-refractivity contribution >= 4 is 28.5 Å². The number of carbonyl (C=O) groups is 1. The fraction of sp³-hybridized carbons (Fsp3) is 0.0500. The van der Waals surface area contributed by atoms with Gasteiger partial charge in [0.25, 0.3) is 5.56 Å². The number of hydrogen-bond donors (Lipinski definition) is 3. The van der Waals surface area contributed by atoms with Gasteiger partial charge in [0.2, 0.25) is 0 Å². The van der Waals surface area contributed by atoms with Gasteiger partial charge in [-0.1, -0.05) is 11.6 Å². The monoisotopic (exact) mass is 431 g/mol. The van der Waals surface area contributed by atoms with Crippen LogP contribution in [0.25, 0.3) is 22.0 Å². The van der Waals surface area contributed by atoms with Crippen LogP contribution in [0.4, 0.5) is 8.78 Å². The maximum Gasteiger partial charge on any atom is 0.353 e. The van der Waals surface area contributed by atoms with E-state index < -0.39 is 28.9 Å². The van der Waals surface area contributed by atoms with Crippen molar-refractivity contribution in [1.29, 1.82) is 0 Å². The number of H-pyrrole nitrogens is 2. The molecular formula is C20H12ClF2N3O4. The average Bonchev–Trinajstić information content (AvgIpc) is 2.94. The molecule has 4 rings (SSSR count). The van der Waals surface area contributed by atoms with E-state index in [9.17, 15) is 28.3 Å². The molecule has 0 aliphatic carbocycles. The normalized spacial score (nSPS) is 11.2. The fourth-order valence-electron chi connectivity index (χ4n) is 3.47. The highest BCUT2D eigenvalue weighted by atomic mass is 35.5. The lowest BCUT2D eigenvalue weighted by Crippen LogP contribution is -2.23. The number of aromatic nitrogens is 3. The van der Waals surface area contributed by atoms with Crippen molar-refractivity contribution in [2.75, 3.05) is 0 Å². The zero-order valence-electron chi connectivity index (χ0n) is 15.0. The number of nitrogens with one attached hydrogen (secondary N) is 2. The molecule has 0 saturated heterocycles. The van der Waals surface area contributed by atoms with E-state index in [1.165, 1.54) is 16.7 Å². The molecule has 0 atom stereocenters. The van der Waals surface area contributed by atoms with E-state index in [0.29, 0.717) is 17.0 Å². The Morgan fingerprint density at radius 1 is 1.10 bits per heavy atom. The first-order valence-electron chi connectivity index (χ1n) is 8.57. The number of hydrogen-bond acceptors (Lipinski definition) is 3. The van der Waals surface area contributed by atoms with Crippen LogP contribution in [0.15, 0.2) is 52.2 Å². The summed E-state index contributed by atoms with van der Waals surface area (Å²) in [6.07, 6.45) is 1.11. The van der Waals surface area contributed by atoms with Crippen molar-refractivity contribution in [2.24, 2.45) is 0 Å². The third kappa shape index (κ3) is 3.39. The number of carboxylic acid groups (broad SMARTS) is 1. The molecule has 0 radical (unpaired) electrons. The molecule has 7 nitrogen and oxygen atoms in total. The minimum absolute atomic E-state index is 0.0226. The molecule has 0 saturated carbocycles. The summed E-state index contributed by atoms with van der Waals surface area (Å²) >= 11 is 6.09. The first-order chi connectivity index (χ1) is 14.2. The molecule has 2 aromatic carbocycles. The number of fused-ring (bicyclic) bond motifs is 1. The largest absolute Gasteiger partial charge is 0.477 e. The topological polar surface area (TPSA) is 108 Å². The fourth-order valence-corrected chi connectivity index (χ4v) is 3.64. The Labute approximate surface area is 171 Å². The quantitative estimate of drug-likeness (QED) is 0.460. The van der Waals surface area contributed by atoms with Gasteiger partial charge in [0.15, 0.2) is 0 Å². The van der Waals surface area contributed by atoms with Gasteiger partial charge in [-0.15, -0.1) is 0 Å². The Hall–Kier alpha value is -3.72. The highest BCUT2D eigenvalue weighted by molar-refractivity contribution is 6.31. The van der Waals surface area contributed by atoms with Crippen LogP contribution < -0.4 is 11.2 Å². The van der Waals surface area contributed by atoms with Crippen LogP contribution >= 0.6 is 11.6 Å². The second-order valence-corrected chi connectivity index (χ2v) is 6.98. The second kappa shape index (κ2) is 7.27. The molecule has 10 heteroatoms. The summed E-state index contributed by atoms with van der Waals surface area (Å²) in [5.74, 6) is -2.99. The van der Waals surface area contributed by atoms with Crippen molar-refractivity contribution in [3.05, 3.63) is 91.3 Å². The zero-order chi connectivity index (χ0) is 21.6. The van der Waals surface area contributed by atoms with Crippen molar-refractivity contribution in [2.45, 2.75) is 6.54 Å². The van der Waals surface area contributed by atoms with Gasteiger partial charge in [0.1, 0.15) is 17.3 Å². The minimum atomic E-state index is -1.38. The average molecular weight is 432 g/mol. The van der Waals surface area contributed by atoms with Crippen LogP contribution in [0.3, 0.4) is 0 Å². The van der Waals surface area contributed by atoms with Crippen molar-refractivity contribution < 1.29 is 18.7 Å². The van der Waals surface area contributed by atoms with Gasteiger partial charge >= 0.3 is 11.7 Å². The van der Waals surface area contributed by atoms with Crippen LogP contribution in [0.2, 0.25) is 5.02 Å². The molecular weight excluding hydrogens is 420 g/mol. The first kappa shape index (κ1) is 19.6. The van der Waals surface area contributed by atoms with Gasteiger partial charge in [0, 0.05) is 40.3 Å². The maximum atomic E-state index is 13.7. The van der Waals surface area contributed by atoms with Crippen LogP contribution in [0.1, 0.15) is 16.1 Å². The first-order valence-corrected chi connectivity index (χ1v) is 8.95. The number of aromatic carboxylic acids is 1. The van der Waals surface area contributed by atoms with E-state index in [0.717, 1.165) is 18.3 Å². The van der Waals surface area contributed by atoms with Gasteiger partial charge in [-0.05, 0) is 35.9 Å². The highest BCUT2D eigenvalue weighted by Gasteiger charge is 2.26. The Morgan fingerprint density at radius 2 is 1.80 bits per heavy atom. The van der Waals surface area contributed by atoms with Gasteiger partial charge in [-0.2, -0.15) is 0 Å². The van der Waals surface area contributed by atoms with E-state index >= 15 is 0 Å². The molecule has 30 heavy (non-hydrogen) atoms. The standard InChI is InChI=1S/C20H12ClF2N3O4/c21-10-1-2-15-13(5-10)16(14-7-24-20(30)25-18(14)27)17(19(28)29)26(15)8-9-3-11(22)6-12(23)4-9/h1-7H,8H2,(H,28,29)(H2,24,25,27,30). The summed E-state index contributed by atoms with van der Waals surface area (Å²) in [6.45, 7) is -0.185. The molecule has 0 bridgehead atoms. The lowest BCUT2D eigenvalue weighted by molar-refractivity contribution is 0.0687. The molecule has 0 aliphatic heterocycles. The molecule has 4 aromatic rings. The molecule has 0 unspecified atom stereocenters.